The highest BCUT2D eigenvalue weighted by Gasteiger charge is 2.18. The molecule has 122 valence electrons. The van der Waals surface area contributed by atoms with Gasteiger partial charge in [0.1, 0.15) is 6.10 Å². The van der Waals surface area contributed by atoms with Crippen LogP contribution in [0.2, 0.25) is 0 Å². The van der Waals surface area contributed by atoms with E-state index in [1.807, 2.05) is 30.0 Å². The minimum Gasteiger partial charge on any atom is -0.493 e. The monoisotopic (exact) mass is 325 g/mol. The Labute approximate surface area is 135 Å². The van der Waals surface area contributed by atoms with Gasteiger partial charge in [0.05, 0.1) is 7.11 Å². The van der Waals surface area contributed by atoms with Crippen molar-refractivity contribution >= 4 is 17.7 Å². The maximum absolute atomic E-state index is 10.6. The summed E-state index contributed by atoms with van der Waals surface area (Å²) in [6.45, 7) is 0. The molecule has 0 spiro atoms. The molecule has 1 aromatic rings. The molecular formula is C16H23NO4S. The zero-order valence-corrected chi connectivity index (χ0v) is 13.6. The molecule has 1 aliphatic rings. The number of rotatable bonds is 7. The van der Waals surface area contributed by atoms with E-state index in [1.165, 1.54) is 12.2 Å². The van der Waals surface area contributed by atoms with Crippen molar-refractivity contribution in [3.8, 4) is 11.5 Å². The Bertz CT molecular complexity index is 503. The van der Waals surface area contributed by atoms with Crippen LogP contribution in [-0.2, 0) is 4.79 Å². The number of methoxy groups -OCH3 is 1. The van der Waals surface area contributed by atoms with Crippen molar-refractivity contribution in [3.05, 3.63) is 23.8 Å². The normalized spacial score (nSPS) is 19.5. The van der Waals surface area contributed by atoms with Gasteiger partial charge in [-0.1, -0.05) is 6.07 Å². The van der Waals surface area contributed by atoms with Crippen LogP contribution in [-0.4, -0.2) is 35.8 Å². The quantitative estimate of drug-likeness (QED) is 0.802. The molecule has 1 aliphatic heterocycles. The molecule has 1 aromatic carbocycles. The number of carboxylic acid groups (broad SMARTS) is 1. The van der Waals surface area contributed by atoms with E-state index < -0.39 is 5.97 Å². The van der Waals surface area contributed by atoms with Gasteiger partial charge in [0, 0.05) is 18.2 Å². The molecule has 1 heterocycles. The third-order valence-corrected chi connectivity index (χ3v) is 4.88. The van der Waals surface area contributed by atoms with Gasteiger partial charge in [-0.2, -0.15) is 11.8 Å². The van der Waals surface area contributed by atoms with E-state index in [0.29, 0.717) is 12.2 Å². The Hall–Kier alpha value is -1.40. The second-order valence-electron chi connectivity index (χ2n) is 5.41. The lowest BCUT2D eigenvalue weighted by Gasteiger charge is -2.24. The number of hydrogen-bond donors (Lipinski definition) is 2. The number of thioether (sulfide) groups is 1. The molecule has 0 amide bonds. The van der Waals surface area contributed by atoms with Crippen LogP contribution >= 0.6 is 11.8 Å². The number of hydrogen-bond acceptors (Lipinski definition) is 5. The number of nitrogens with two attached hydrogens (primary N) is 1. The Kier molecular flexibility index (Phi) is 6.39. The van der Waals surface area contributed by atoms with E-state index in [2.05, 4.69) is 0 Å². The van der Waals surface area contributed by atoms with E-state index in [0.717, 1.165) is 23.5 Å². The maximum Gasteiger partial charge on any atom is 0.303 e. The summed E-state index contributed by atoms with van der Waals surface area (Å²) in [6.07, 6.45) is 2.92. The largest absolute Gasteiger partial charge is 0.493 e. The lowest BCUT2D eigenvalue weighted by atomic mass is 10.0. The maximum atomic E-state index is 10.6. The van der Waals surface area contributed by atoms with Crippen LogP contribution in [0, 0.1) is 0 Å². The zero-order chi connectivity index (χ0) is 15.9. The third-order valence-electron chi connectivity index (χ3n) is 3.70. The smallest absolute Gasteiger partial charge is 0.303 e. The Balaban J connectivity index is 2.04. The summed E-state index contributed by atoms with van der Waals surface area (Å²) in [5, 5.41) is 8.73. The second kappa shape index (κ2) is 8.29. The Morgan fingerprint density at radius 1 is 1.50 bits per heavy atom. The van der Waals surface area contributed by atoms with Crippen molar-refractivity contribution in [2.45, 2.75) is 37.8 Å². The van der Waals surface area contributed by atoms with E-state index in [9.17, 15) is 4.79 Å². The van der Waals surface area contributed by atoms with Crippen molar-refractivity contribution in [1.29, 1.82) is 0 Å². The summed E-state index contributed by atoms with van der Waals surface area (Å²) in [4.78, 5) is 10.6. The van der Waals surface area contributed by atoms with E-state index in [4.69, 9.17) is 20.3 Å². The van der Waals surface area contributed by atoms with Crippen LogP contribution < -0.4 is 15.2 Å². The van der Waals surface area contributed by atoms with Gasteiger partial charge >= 0.3 is 5.97 Å². The van der Waals surface area contributed by atoms with Gasteiger partial charge < -0.3 is 20.3 Å². The Morgan fingerprint density at radius 2 is 2.32 bits per heavy atom. The fourth-order valence-corrected chi connectivity index (χ4v) is 3.48. The highest BCUT2D eigenvalue weighted by Crippen LogP contribution is 2.33. The first-order chi connectivity index (χ1) is 10.6. The summed E-state index contributed by atoms with van der Waals surface area (Å²) in [6, 6.07) is 5.29. The van der Waals surface area contributed by atoms with E-state index >= 15 is 0 Å². The van der Waals surface area contributed by atoms with E-state index in [1.54, 1.807) is 7.11 Å². The predicted octanol–water partition coefficient (Wildman–Crippen LogP) is 2.83. The summed E-state index contributed by atoms with van der Waals surface area (Å²) in [5.41, 5.74) is 6.90. The molecule has 0 bridgehead atoms. The first kappa shape index (κ1) is 17.0. The van der Waals surface area contributed by atoms with Gasteiger partial charge in [0.2, 0.25) is 0 Å². The molecule has 6 heteroatoms. The summed E-state index contributed by atoms with van der Waals surface area (Å²) in [5.74, 6) is 2.75. The molecule has 0 saturated carbocycles. The molecule has 0 aliphatic carbocycles. The molecule has 0 radical (unpaired) electrons. The summed E-state index contributed by atoms with van der Waals surface area (Å²) >= 11 is 1.91. The first-order valence-corrected chi connectivity index (χ1v) is 8.65. The predicted molar refractivity (Wildman–Crippen MR) is 87.8 cm³/mol. The Morgan fingerprint density at radius 3 is 2.95 bits per heavy atom. The van der Waals surface area contributed by atoms with E-state index in [-0.39, 0.29) is 18.6 Å². The minimum atomic E-state index is -0.836. The van der Waals surface area contributed by atoms with Crippen LogP contribution in [0.1, 0.15) is 37.3 Å². The average Bonchev–Trinajstić information content (AvgIpc) is 2.54. The topological polar surface area (TPSA) is 81.8 Å². The third kappa shape index (κ3) is 4.81. The van der Waals surface area contributed by atoms with Crippen molar-refractivity contribution in [3.63, 3.8) is 0 Å². The van der Waals surface area contributed by atoms with Crippen molar-refractivity contribution in [2.75, 3.05) is 18.6 Å². The highest BCUT2D eigenvalue weighted by molar-refractivity contribution is 7.99. The van der Waals surface area contributed by atoms with Crippen LogP contribution in [0.3, 0.4) is 0 Å². The average molecular weight is 325 g/mol. The summed E-state index contributed by atoms with van der Waals surface area (Å²) < 4.78 is 11.4. The lowest BCUT2D eigenvalue weighted by Crippen LogP contribution is -2.23. The van der Waals surface area contributed by atoms with Crippen molar-refractivity contribution < 1.29 is 19.4 Å². The molecule has 2 atom stereocenters. The van der Waals surface area contributed by atoms with Crippen LogP contribution in [0.15, 0.2) is 18.2 Å². The van der Waals surface area contributed by atoms with Gasteiger partial charge in [-0.05, 0) is 42.7 Å². The lowest BCUT2D eigenvalue weighted by molar-refractivity contribution is -0.137. The number of aliphatic carboxylic acids is 1. The highest BCUT2D eigenvalue weighted by atomic mass is 32.2. The molecule has 22 heavy (non-hydrogen) atoms. The molecule has 0 aromatic heterocycles. The van der Waals surface area contributed by atoms with Gasteiger partial charge in [-0.15, -0.1) is 0 Å². The van der Waals surface area contributed by atoms with Crippen molar-refractivity contribution in [1.82, 2.24) is 0 Å². The van der Waals surface area contributed by atoms with Gasteiger partial charge in [-0.3, -0.25) is 4.79 Å². The minimum absolute atomic E-state index is 0.0566. The number of ether oxygens (including phenoxy) is 2. The zero-order valence-electron chi connectivity index (χ0n) is 12.8. The first-order valence-electron chi connectivity index (χ1n) is 7.50. The molecule has 1 fully saturated rings. The molecule has 5 nitrogen and oxygen atoms in total. The number of carbonyl (C=O) groups is 1. The molecule has 2 rings (SSSR count). The number of benzene rings is 1. The van der Waals surface area contributed by atoms with Crippen LogP contribution in [0.5, 0.6) is 11.5 Å². The van der Waals surface area contributed by atoms with Crippen molar-refractivity contribution in [2.24, 2.45) is 5.73 Å². The fraction of sp³-hybridized carbons (Fsp3) is 0.562. The SMILES string of the molecule is COc1cc(C(N)CCC(=O)O)ccc1OC1CCCSC1. The van der Waals surface area contributed by atoms with Gasteiger partial charge in [0.15, 0.2) is 11.5 Å². The molecular weight excluding hydrogens is 302 g/mol. The standard InChI is InChI=1S/C16H23NO4S/c1-20-15-9-11(13(17)5-7-16(18)19)4-6-14(15)21-12-3-2-8-22-10-12/h4,6,9,12-13H,2-3,5,7-8,10,17H2,1H3,(H,18,19). The van der Waals surface area contributed by atoms with Gasteiger partial charge in [0.25, 0.3) is 0 Å². The van der Waals surface area contributed by atoms with Gasteiger partial charge in [-0.25, -0.2) is 0 Å². The van der Waals surface area contributed by atoms with Crippen LogP contribution in [0.4, 0.5) is 0 Å². The molecule has 3 N–H and O–H groups in total. The fourth-order valence-electron chi connectivity index (χ4n) is 2.44. The van der Waals surface area contributed by atoms with Crippen LogP contribution in [0.25, 0.3) is 0 Å². The summed E-state index contributed by atoms with van der Waals surface area (Å²) in [7, 11) is 1.60. The molecule has 2 unspecified atom stereocenters. The second-order valence-corrected chi connectivity index (χ2v) is 6.56. The molecule has 1 saturated heterocycles. The number of carboxylic acids is 1.